The van der Waals surface area contributed by atoms with E-state index in [9.17, 15) is 14.7 Å². The van der Waals surface area contributed by atoms with Crippen LogP contribution in [0, 0.1) is 0 Å². The summed E-state index contributed by atoms with van der Waals surface area (Å²) in [7, 11) is 1.47. The maximum absolute atomic E-state index is 12.2. The second-order valence-corrected chi connectivity index (χ2v) is 4.48. The number of carboxylic acid groups (broad SMARTS) is 1. The fraction of sp³-hybridized carbons (Fsp3) is 0.188. The highest BCUT2D eigenvalue weighted by molar-refractivity contribution is 5.97. The van der Waals surface area contributed by atoms with Crippen LogP contribution in [0.5, 0.6) is 5.75 Å². The second-order valence-electron chi connectivity index (χ2n) is 4.48. The highest BCUT2D eigenvalue weighted by atomic mass is 16.5. The van der Waals surface area contributed by atoms with E-state index < -0.39 is 11.9 Å². The number of hydrogen-bond acceptors (Lipinski definition) is 4. The van der Waals surface area contributed by atoms with Gasteiger partial charge in [0.1, 0.15) is 11.4 Å². The Hall–Kier alpha value is -2.69. The molecule has 1 aromatic carbocycles. The maximum atomic E-state index is 12.2. The number of aromatic nitrogens is 1. The molecule has 21 heavy (non-hydrogen) atoms. The van der Waals surface area contributed by atoms with Gasteiger partial charge in [-0.2, -0.15) is 0 Å². The van der Waals surface area contributed by atoms with E-state index in [0.717, 1.165) is 0 Å². The Balaban J connectivity index is 2.28. The molecule has 0 aliphatic heterocycles. The molecule has 0 aliphatic carbocycles. The Morgan fingerprint density at radius 1 is 1.19 bits per heavy atom. The van der Waals surface area contributed by atoms with Gasteiger partial charge in [-0.1, -0.05) is 24.3 Å². The van der Waals surface area contributed by atoms with Crippen molar-refractivity contribution in [1.29, 1.82) is 0 Å². The summed E-state index contributed by atoms with van der Waals surface area (Å²) < 4.78 is 5.17. The Morgan fingerprint density at radius 2 is 1.90 bits per heavy atom. The van der Waals surface area contributed by atoms with Gasteiger partial charge in [0, 0.05) is 18.2 Å². The molecular weight excluding hydrogens is 270 g/mol. The van der Waals surface area contributed by atoms with Crippen LogP contribution in [0.2, 0.25) is 0 Å². The smallest absolute Gasteiger partial charge is 0.311 e. The number of carbonyl (C=O) groups excluding carboxylic acids is 1. The average molecular weight is 285 g/mol. The molecule has 108 valence electrons. The zero-order chi connectivity index (χ0) is 15.2. The van der Waals surface area contributed by atoms with E-state index in [1.54, 1.807) is 42.5 Å². The van der Waals surface area contributed by atoms with Gasteiger partial charge in [0.25, 0.3) is 0 Å². The molecule has 0 aliphatic rings. The Bertz CT molecular complexity index is 640. The maximum Gasteiger partial charge on any atom is 0.311 e. The van der Waals surface area contributed by atoms with Crippen LogP contribution in [0.15, 0.2) is 48.7 Å². The lowest BCUT2D eigenvalue weighted by Crippen LogP contribution is -2.17. The van der Waals surface area contributed by atoms with Gasteiger partial charge in [-0.25, -0.2) is 0 Å². The summed E-state index contributed by atoms with van der Waals surface area (Å²) >= 11 is 0. The monoisotopic (exact) mass is 285 g/mol. The first kappa shape index (κ1) is 14.7. The predicted octanol–water partition coefficient (Wildman–Crippen LogP) is 2.53. The highest BCUT2D eigenvalue weighted by Crippen LogP contribution is 2.30. The van der Waals surface area contributed by atoms with Crippen LogP contribution < -0.4 is 4.74 Å². The quantitative estimate of drug-likeness (QED) is 0.825. The molecule has 0 fully saturated rings. The number of ketones is 1. The number of benzene rings is 1. The van der Waals surface area contributed by atoms with Crippen LogP contribution in [0.1, 0.15) is 28.4 Å². The van der Waals surface area contributed by atoms with E-state index >= 15 is 0 Å². The number of Topliss-reactive ketones (excluding diaryl/α,β-unsaturated/α-hetero) is 1. The Morgan fingerprint density at radius 3 is 2.52 bits per heavy atom. The summed E-state index contributed by atoms with van der Waals surface area (Å²) in [6, 6.07) is 11.8. The number of para-hydroxylation sites is 1. The largest absolute Gasteiger partial charge is 0.496 e. The van der Waals surface area contributed by atoms with E-state index in [1.165, 1.54) is 13.3 Å². The van der Waals surface area contributed by atoms with Gasteiger partial charge >= 0.3 is 5.97 Å². The summed E-state index contributed by atoms with van der Waals surface area (Å²) in [6.45, 7) is 0. The minimum atomic E-state index is -1.07. The van der Waals surface area contributed by atoms with E-state index in [0.29, 0.717) is 11.3 Å². The second kappa shape index (κ2) is 6.65. The van der Waals surface area contributed by atoms with Gasteiger partial charge in [0.05, 0.1) is 13.0 Å². The van der Waals surface area contributed by atoms with Crippen molar-refractivity contribution in [3.63, 3.8) is 0 Å². The summed E-state index contributed by atoms with van der Waals surface area (Å²) in [5.74, 6) is -1.88. The van der Waals surface area contributed by atoms with Crippen LogP contribution in [0.25, 0.3) is 0 Å². The van der Waals surface area contributed by atoms with Gasteiger partial charge in [-0.3, -0.25) is 14.6 Å². The number of ether oxygens (including phenoxy) is 1. The number of hydrogen-bond donors (Lipinski definition) is 1. The van der Waals surface area contributed by atoms with Crippen molar-refractivity contribution in [2.24, 2.45) is 0 Å². The van der Waals surface area contributed by atoms with Crippen molar-refractivity contribution in [3.8, 4) is 5.75 Å². The first-order valence-electron chi connectivity index (χ1n) is 6.43. The Labute approximate surface area is 122 Å². The lowest BCUT2D eigenvalue weighted by molar-refractivity contribution is -0.138. The highest BCUT2D eigenvalue weighted by Gasteiger charge is 2.26. The molecule has 1 N–H and O–H groups in total. The van der Waals surface area contributed by atoms with Crippen LogP contribution in [0.4, 0.5) is 0 Å². The molecule has 0 saturated heterocycles. The number of aliphatic carboxylic acids is 1. The number of pyridine rings is 1. The third-order valence-electron chi connectivity index (χ3n) is 3.15. The van der Waals surface area contributed by atoms with E-state index in [-0.39, 0.29) is 17.9 Å². The minimum absolute atomic E-state index is 0.160. The first-order chi connectivity index (χ1) is 10.1. The molecule has 0 radical (unpaired) electrons. The van der Waals surface area contributed by atoms with E-state index in [1.807, 2.05) is 0 Å². The van der Waals surface area contributed by atoms with E-state index in [2.05, 4.69) is 4.98 Å². The number of carbonyl (C=O) groups is 2. The molecule has 0 saturated carbocycles. The molecule has 1 aromatic heterocycles. The molecular formula is C16H15NO4. The lowest BCUT2D eigenvalue weighted by atomic mass is 9.92. The molecule has 5 heteroatoms. The average Bonchev–Trinajstić information content (AvgIpc) is 2.53. The van der Waals surface area contributed by atoms with Gasteiger partial charge in [-0.15, -0.1) is 0 Å². The van der Waals surface area contributed by atoms with E-state index in [4.69, 9.17) is 4.74 Å². The number of carboxylic acids is 1. The zero-order valence-corrected chi connectivity index (χ0v) is 11.5. The van der Waals surface area contributed by atoms with Gasteiger partial charge in [-0.05, 0) is 18.2 Å². The lowest BCUT2D eigenvalue weighted by Gasteiger charge is -2.15. The summed E-state index contributed by atoms with van der Waals surface area (Å²) in [4.78, 5) is 27.6. The van der Waals surface area contributed by atoms with Crippen LogP contribution >= 0.6 is 0 Å². The summed E-state index contributed by atoms with van der Waals surface area (Å²) in [5.41, 5.74) is 0.746. The van der Waals surface area contributed by atoms with Crippen molar-refractivity contribution in [1.82, 2.24) is 4.98 Å². The van der Waals surface area contributed by atoms with Gasteiger partial charge in [0.2, 0.25) is 0 Å². The topological polar surface area (TPSA) is 76.5 Å². The molecule has 1 heterocycles. The Kier molecular flexibility index (Phi) is 4.66. The standard InChI is InChI=1S/C16H15NO4/c1-21-15-8-3-2-6-11(15)12(16(19)20)10-14(18)13-7-4-5-9-17-13/h2-9,12H,10H2,1H3,(H,19,20). The van der Waals surface area contributed by atoms with Crippen molar-refractivity contribution < 1.29 is 19.4 Å². The normalized spacial score (nSPS) is 11.7. The summed E-state index contributed by atoms with van der Waals surface area (Å²) in [6.07, 6.45) is 1.35. The number of methoxy groups -OCH3 is 1. The molecule has 0 spiro atoms. The van der Waals surface area contributed by atoms with Gasteiger partial charge < -0.3 is 9.84 Å². The third-order valence-corrected chi connectivity index (χ3v) is 3.15. The minimum Gasteiger partial charge on any atom is -0.496 e. The molecule has 2 aromatic rings. The zero-order valence-electron chi connectivity index (χ0n) is 11.5. The number of nitrogens with zero attached hydrogens (tertiary/aromatic N) is 1. The van der Waals surface area contributed by atoms with Crippen molar-refractivity contribution in [3.05, 3.63) is 59.9 Å². The SMILES string of the molecule is COc1ccccc1C(CC(=O)c1ccccn1)C(=O)O. The van der Waals surface area contributed by atoms with Crippen molar-refractivity contribution >= 4 is 11.8 Å². The molecule has 0 bridgehead atoms. The first-order valence-corrected chi connectivity index (χ1v) is 6.43. The molecule has 0 amide bonds. The predicted molar refractivity (Wildman–Crippen MR) is 76.6 cm³/mol. The third kappa shape index (κ3) is 3.45. The molecule has 1 unspecified atom stereocenters. The van der Waals surface area contributed by atoms with Crippen molar-refractivity contribution in [2.75, 3.05) is 7.11 Å². The molecule has 2 rings (SSSR count). The fourth-order valence-electron chi connectivity index (χ4n) is 2.10. The van der Waals surface area contributed by atoms with Crippen LogP contribution in [0.3, 0.4) is 0 Å². The van der Waals surface area contributed by atoms with Gasteiger partial charge in [0.15, 0.2) is 5.78 Å². The fourth-order valence-corrected chi connectivity index (χ4v) is 2.10. The number of rotatable bonds is 6. The molecule has 5 nitrogen and oxygen atoms in total. The molecule has 1 atom stereocenters. The van der Waals surface area contributed by atoms with Crippen LogP contribution in [-0.2, 0) is 4.79 Å². The summed E-state index contributed by atoms with van der Waals surface area (Å²) in [5, 5.41) is 9.41. The van der Waals surface area contributed by atoms with Crippen molar-refractivity contribution in [2.45, 2.75) is 12.3 Å². The van der Waals surface area contributed by atoms with Crippen LogP contribution in [-0.4, -0.2) is 29.0 Å².